The molecule has 2 aromatic carbocycles. The molecule has 0 bridgehead atoms. The average Bonchev–Trinajstić information content (AvgIpc) is 3.40. The molecule has 2 aromatic heterocycles. The lowest BCUT2D eigenvalue weighted by atomic mass is 10.2. The summed E-state index contributed by atoms with van der Waals surface area (Å²) in [6, 6.07) is 18.3. The molecule has 146 valence electrons. The summed E-state index contributed by atoms with van der Waals surface area (Å²) in [5.41, 5.74) is 2.39. The molecule has 0 fully saturated rings. The highest BCUT2D eigenvalue weighted by atomic mass is 32.1. The molecule has 0 saturated carbocycles. The summed E-state index contributed by atoms with van der Waals surface area (Å²) >= 11 is 1.52. The molecular weight excluding hydrogens is 390 g/mol. The predicted octanol–water partition coefficient (Wildman–Crippen LogP) is 4.66. The number of thiazole rings is 1. The highest BCUT2D eigenvalue weighted by molar-refractivity contribution is 7.21. The van der Waals surface area contributed by atoms with Crippen LogP contribution in [0.3, 0.4) is 0 Å². The van der Waals surface area contributed by atoms with Crippen molar-refractivity contribution < 1.29 is 18.7 Å². The van der Waals surface area contributed by atoms with Crippen molar-refractivity contribution in [2.75, 3.05) is 12.4 Å². The van der Waals surface area contributed by atoms with Crippen molar-refractivity contribution in [3.8, 4) is 10.8 Å². The van der Waals surface area contributed by atoms with E-state index < -0.39 is 6.09 Å². The number of anilines is 1. The minimum atomic E-state index is -0.534. The minimum absolute atomic E-state index is 0.225. The fourth-order valence-corrected chi connectivity index (χ4v) is 3.62. The number of ether oxygens (including phenoxy) is 1. The molecule has 0 atom stereocenters. The summed E-state index contributed by atoms with van der Waals surface area (Å²) in [4.78, 5) is 28.1. The first kappa shape index (κ1) is 18.7. The lowest BCUT2D eigenvalue weighted by Crippen LogP contribution is -2.22. The smallest absolute Gasteiger partial charge is 0.411 e. The van der Waals surface area contributed by atoms with Crippen LogP contribution >= 0.6 is 11.3 Å². The van der Waals surface area contributed by atoms with E-state index in [0.717, 1.165) is 20.8 Å². The number of carbonyl (C=O) groups excluding carboxylic acids is 2. The molecule has 0 aliphatic rings. The van der Waals surface area contributed by atoms with E-state index in [9.17, 15) is 9.59 Å². The van der Waals surface area contributed by atoms with Crippen LogP contribution in [-0.2, 0) is 11.3 Å². The summed E-state index contributed by atoms with van der Waals surface area (Å²) < 4.78 is 11.3. The van der Waals surface area contributed by atoms with Crippen LogP contribution in [-0.4, -0.2) is 24.1 Å². The lowest BCUT2D eigenvalue weighted by Gasteiger charge is -2.06. The number of aromatic nitrogens is 1. The fraction of sp³-hybridized carbons (Fsp3) is 0.0952. The van der Waals surface area contributed by atoms with Crippen LogP contribution < -0.4 is 10.6 Å². The molecule has 4 aromatic rings. The van der Waals surface area contributed by atoms with E-state index in [1.54, 1.807) is 36.4 Å². The van der Waals surface area contributed by atoms with Crippen LogP contribution in [0.2, 0.25) is 0 Å². The van der Waals surface area contributed by atoms with Crippen LogP contribution in [0.5, 0.6) is 0 Å². The van der Waals surface area contributed by atoms with E-state index in [-0.39, 0.29) is 11.7 Å². The van der Waals surface area contributed by atoms with Gasteiger partial charge in [0.1, 0.15) is 0 Å². The summed E-state index contributed by atoms with van der Waals surface area (Å²) in [5.74, 6) is 0.479. The number of nitrogens with one attached hydrogen (secondary N) is 2. The normalized spacial score (nSPS) is 10.7. The quantitative estimate of drug-likeness (QED) is 0.502. The van der Waals surface area contributed by atoms with Gasteiger partial charge in [-0.15, -0.1) is 11.3 Å². The van der Waals surface area contributed by atoms with Crippen molar-refractivity contribution in [3.63, 3.8) is 0 Å². The van der Waals surface area contributed by atoms with Gasteiger partial charge in [0.2, 0.25) is 0 Å². The second kappa shape index (κ2) is 8.15. The minimum Gasteiger partial charge on any atom is -0.453 e. The third kappa shape index (κ3) is 4.27. The monoisotopic (exact) mass is 407 g/mol. The molecule has 4 rings (SSSR count). The number of amides is 2. The molecule has 0 spiro atoms. The van der Waals surface area contributed by atoms with Crippen LogP contribution in [0.4, 0.5) is 10.5 Å². The fourth-order valence-electron chi connectivity index (χ4n) is 2.70. The highest BCUT2D eigenvalue weighted by Gasteiger charge is 2.15. The number of carbonyl (C=O) groups is 2. The van der Waals surface area contributed by atoms with Crippen LogP contribution in [0, 0.1) is 0 Å². The van der Waals surface area contributed by atoms with Gasteiger partial charge in [-0.05, 0) is 42.0 Å². The second-order valence-corrected chi connectivity index (χ2v) is 7.18. The van der Waals surface area contributed by atoms with Gasteiger partial charge in [0.15, 0.2) is 16.5 Å². The number of fused-ring (bicyclic) bond motifs is 1. The second-order valence-electron chi connectivity index (χ2n) is 6.15. The third-order valence-electron chi connectivity index (χ3n) is 4.17. The number of benzene rings is 2. The van der Waals surface area contributed by atoms with Gasteiger partial charge in [-0.3, -0.25) is 10.1 Å². The molecule has 0 radical (unpaired) electrons. The Hall–Kier alpha value is -3.65. The zero-order valence-electron chi connectivity index (χ0n) is 15.5. The molecule has 0 unspecified atom stereocenters. The summed E-state index contributed by atoms with van der Waals surface area (Å²) in [7, 11) is 1.30. The Bertz CT molecular complexity index is 1130. The molecule has 2 amide bonds. The lowest BCUT2D eigenvalue weighted by molar-refractivity contribution is 0.0924. The first-order valence-electron chi connectivity index (χ1n) is 8.80. The Morgan fingerprint density at radius 2 is 1.86 bits per heavy atom. The van der Waals surface area contributed by atoms with Crippen molar-refractivity contribution >= 4 is 39.2 Å². The van der Waals surface area contributed by atoms with E-state index in [2.05, 4.69) is 20.4 Å². The van der Waals surface area contributed by atoms with Gasteiger partial charge in [0, 0.05) is 12.2 Å². The number of para-hydroxylation sites is 1. The van der Waals surface area contributed by atoms with Crippen molar-refractivity contribution in [1.82, 2.24) is 10.3 Å². The van der Waals surface area contributed by atoms with Crippen LogP contribution in [0.1, 0.15) is 16.1 Å². The maximum Gasteiger partial charge on any atom is 0.411 e. The average molecular weight is 407 g/mol. The first-order chi connectivity index (χ1) is 14.1. The highest BCUT2D eigenvalue weighted by Crippen LogP contribution is 2.31. The zero-order chi connectivity index (χ0) is 20.2. The number of hydrogen-bond donors (Lipinski definition) is 2. The summed E-state index contributed by atoms with van der Waals surface area (Å²) in [6.45, 7) is 0.328. The van der Waals surface area contributed by atoms with E-state index in [4.69, 9.17) is 4.42 Å². The van der Waals surface area contributed by atoms with Gasteiger partial charge in [-0.2, -0.15) is 0 Å². The summed E-state index contributed by atoms with van der Waals surface area (Å²) in [6.07, 6.45) is -0.534. The molecule has 0 aliphatic heterocycles. The van der Waals surface area contributed by atoms with Gasteiger partial charge in [-0.25, -0.2) is 9.78 Å². The Kier molecular flexibility index (Phi) is 5.26. The molecule has 29 heavy (non-hydrogen) atoms. The van der Waals surface area contributed by atoms with Gasteiger partial charge in [-0.1, -0.05) is 24.3 Å². The molecule has 0 aliphatic carbocycles. The topological polar surface area (TPSA) is 93.5 Å². The molecule has 7 nitrogen and oxygen atoms in total. The number of hydrogen-bond acceptors (Lipinski definition) is 6. The van der Waals surface area contributed by atoms with E-state index in [1.807, 2.05) is 24.3 Å². The number of methoxy groups -OCH3 is 1. The van der Waals surface area contributed by atoms with Crippen molar-refractivity contribution in [3.05, 3.63) is 72.0 Å². The Morgan fingerprint density at radius 1 is 1.07 bits per heavy atom. The number of furan rings is 1. The van der Waals surface area contributed by atoms with Gasteiger partial charge in [0.05, 0.1) is 17.3 Å². The molecule has 0 saturated heterocycles. The SMILES string of the molecule is COC(=O)Nc1ccc(CNC(=O)c2ccc(-c3nc4ccccc4s3)o2)cc1. The number of nitrogens with zero attached hydrogens (tertiary/aromatic N) is 1. The molecule has 8 heteroatoms. The number of rotatable bonds is 5. The van der Waals surface area contributed by atoms with Gasteiger partial charge >= 0.3 is 6.09 Å². The van der Waals surface area contributed by atoms with Crippen molar-refractivity contribution in [2.45, 2.75) is 6.54 Å². The molecular formula is C21H17N3O4S. The Morgan fingerprint density at radius 3 is 2.62 bits per heavy atom. The first-order valence-corrected chi connectivity index (χ1v) is 9.62. The maximum atomic E-state index is 12.4. The zero-order valence-corrected chi connectivity index (χ0v) is 16.3. The molecule has 2 heterocycles. The summed E-state index contributed by atoms with van der Waals surface area (Å²) in [5, 5.41) is 6.12. The molecule has 2 N–H and O–H groups in total. The largest absolute Gasteiger partial charge is 0.453 e. The van der Waals surface area contributed by atoms with Gasteiger partial charge < -0.3 is 14.5 Å². The van der Waals surface area contributed by atoms with Crippen molar-refractivity contribution in [1.29, 1.82) is 0 Å². The standard InChI is InChI=1S/C21H17N3O4S/c1-27-21(26)23-14-8-6-13(7-9-14)12-22-19(25)16-10-11-17(28-16)20-24-15-4-2-3-5-18(15)29-20/h2-11H,12H2,1H3,(H,22,25)(H,23,26). The van der Waals surface area contributed by atoms with E-state index >= 15 is 0 Å². The Balaban J connectivity index is 1.38. The third-order valence-corrected chi connectivity index (χ3v) is 5.22. The Labute approximate surface area is 170 Å². The predicted molar refractivity (Wildman–Crippen MR) is 111 cm³/mol. The van der Waals surface area contributed by atoms with E-state index in [0.29, 0.717) is 18.0 Å². The van der Waals surface area contributed by atoms with Gasteiger partial charge in [0.25, 0.3) is 5.91 Å². The van der Waals surface area contributed by atoms with E-state index in [1.165, 1.54) is 18.4 Å². The van der Waals surface area contributed by atoms with Crippen LogP contribution in [0.25, 0.3) is 21.0 Å². The van der Waals surface area contributed by atoms with Crippen molar-refractivity contribution in [2.24, 2.45) is 0 Å². The van der Waals surface area contributed by atoms with Crippen LogP contribution in [0.15, 0.2) is 65.1 Å². The maximum absolute atomic E-state index is 12.4.